The van der Waals surface area contributed by atoms with Crippen molar-refractivity contribution in [2.24, 2.45) is 11.5 Å². The number of aromatic nitrogens is 3. The first-order chi connectivity index (χ1) is 18.6. The maximum atomic E-state index is 13.5. The van der Waals surface area contributed by atoms with Gasteiger partial charge in [-0.15, -0.1) is 0 Å². The fraction of sp³-hybridized carbons (Fsp3) is 0.333. The zero-order valence-electron chi connectivity index (χ0n) is 20.7. The summed E-state index contributed by atoms with van der Waals surface area (Å²) in [5, 5.41) is 26.7. The molecular formula is C24H30N8O7. The Bertz CT molecular complexity index is 1320. The largest absolute Gasteiger partial charge is 0.480 e. The number of nitrogens with two attached hydrogens (primary N) is 2. The third-order valence-corrected chi connectivity index (χ3v) is 5.90. The molecule has 2 heterocycles. The van der Waals surface area contributed by atoms with Crippen LogP contribution in [-0.2, 0) is 36.8 Å². The second-order valence-corrected chi connectivity index (χ2v) is 8.83. The maximum Gasteiger partial charge on any atom is 0.326 e. The molecule has 0 radical (unpaired) electrons. The van der Waals surface area contributed by atoms with Gasteiger partial charge in [-0.1, -0.05) is 18.2 Å². The van der Waals surface area contributed by atoms with Crippen LogP contribution in [0.4, 0.5) is 0 Å². The number of hydrogen-bond donors (Lipinski definition) is 9. The van der Waals surface area contributed by atoms with Gasteiger partial charge in [-0.2, -0.15) is 0 Å². The summed E-state index contributed by atoms with van der Waals surface area (Å²) in [5.74, 6) is -4.91. The Hall–Kier alpha value is -4.76. The number of fused-ring (bicyclic) bond motifs is 1. The van der Waals surface area contributed by atoms with Crippen molar-refractivity contribution in [1.29, 1.82) is 0 Å². The maximum absolute atomic E-state index is 13.5. The van der Waals surface area contributed by atoms with Crippen LogP contribution >= 0.6 is 0 Å². The van der Waals surface area contributed by atoms with Gasteiger partial charge in [0, 0.05) is 41.8 Å². The van der Waals surface area contributed by atoms with Gasteiger partial charge in [-0.25, -0.2) is 9.78 Å². The lowest BCUT2D eigenvalue weighted by atomic mass is 10.0. The number of primary amides is 1. The SMILES string of the molecule is NC(=O)CC(NC(=O)C(Cc1cnc[nH]1)NC(=O)C(Cc1c[nH]c2ccccc12)NC(=O)C(N)CO)C(=O)O. The van der Waals surface area contributed by atoms with Gasteiger partial charge in [0.15, 0.2) is 0 Å². The van der Waals surface area contributed by atoms with Crippen molar-refractivity contribution in [1.82, 2.24) is 30.9 Å². The Labute approximate surface area is 221 Å². The molecule has 3 aromatic rings. The highest BCUT2D eigenvalue weighted by Crippen LogP contribution is 2.19. The first-order valence-electron chi connectivity index (χ1n) is 11.9. The molecule has 0 saturated heterocycles. The molecule has 0 spiro atoms. The molecule has 1 aromatic carbocycles. The number of benzene rings is 1. The summed E-state index contributed by atoms with van der Waals surface area (Å²) in [4.78, 5) is 71.6. The van der Waals surface area contributed by atoms with Crippen LogP contribution in [0, 0.1) is 0 Å². The first-order valence-corrected chi connectivity index (χ1v) is 11.9. The van der Waals surface area contributed by atoms with Crippen LogP contribution in [0.5, 0.6) is 0 Å². The number of aliphatic hydroxyl groups is 1. The number of carbonyl (C=O) groups excluding carboxylic acids is 4. The van der Waals surface area contributed by atoms with E-state index in [1.165, 1.54) is 12.5 Å². The summed E-state index contributed by atoms with van der Waals surface area (Å²) < 4.78 is 0. The highest BCUT2D eigenvalue weighted by Gasteiger charge is 2.31. The lowest BCUT2D eigenvalue weighted by Gasteiger charge is -2.25. The predicted octanol–water partition coefficient (Wildman–Crippen LogP) is -2.59. The van der Waals surface area contributed by atoms with E-state index in [-0.39, 0.29) is 12.8 Å². The van der Waals surface area contributed by atoms with Gasteiger partial charge in [-0.05, 0) is 11.6 Å². The van der Waals surface area contributed by atoms with Crippen LogP contribution in [0.25, 0.3) is 10.9 Å². The third-order valence-electron chi connectivity index (χ3n) is 5.90. The van der Waals surface area contributed by atoms with Crippen LogP contribution in [0.1, 0.15) is 17.7 Å². The molecule has 0 aliphatic rings. The summed E-state index contributed by atoms with van der Waals surface area (Å²) in [6.07, 6.45) is 3.66. The van der Waals surface area contributed by atoms with Crippen LogP contribution in [0.15, 0.2) is 43.0 Å². The van der Waals surface area contributed by atoms with Gasteiger partial charge in [0.05, 0.1) is 19.4 Å². The molecule has 0 saturated carbocycles. The van der Waals surface area contributed by atoms with Gasteiger partial charge in [0.1, 0.15) is 24.2 Å². The molecule has 4 unspecified atom stereocenters. The summed E-state index contributed by atoms with van der Waals surface area (Å²) >= 11 is 0. The number of nitrogens with zero attached hydrogens (tertiary/aromatic N) is 1. The van der Waals surface area contributed by atoms with Crippen LogP contribution < -0.4 is 27.4 Å². The van der Waals surface area contributed by atoms with Crippen molar-refractivity contribution in [2.75, 3.05) is 6.61 Å². The Morgan fingerprint density at radius 1 is 0.923 bits per heavy atom. The molecule has 0 aliphatic carbocycles. The zero-order chi connectivity index (χ0) is 28.5. The normalized spacial score (nSPS) is 14.1. The van der Waals surface area contributed by atoms with E-state index in [2.05, 4.69) is 30.9 Å². The van der Waals surface area contributed by atoms with Crippen molar-refractivity contribution in [3.05, 3.63) is 54.2 Å². The number of aliphatic hydroxyl groups excluding tert-OH is 1. The highest BCUT2D eigenvalue weighted by atomic mass is 16.4. The van der Waals surface area contributed by atoms with Crippen LogP contribution in [0.3, 0.4) is 0 Å². The van der Waals surface area contributed by atoms with E-state index in [1.54, 1.807) is 6.20 Å². The minimum absolute atomic E-state index is 0.00242. The van der Waals surface area contributed by atoms with E-state index < -0.39 is 66.8 Å². The Balaban J connectivity index is 1.86. The third kappa shape index (κ3) is 7.86. The van der Waals surface area contributed by atoms with Crippen molar-refractivity contribution >= 4 is 40.5 Å². The molecule has 11 N–H and O–H groups in total. The minimum Gasteiger partial charge on any atom is -0.480 e. The van der Waals surface area contributed by atoms with E-state index >= 15 is 0 Å². The molecule has 3 rings (SSSR count). The number of carboxylic acids is 1. The quantitative estimate of drug-likeness (QED) is 0.103. The summed E-state index contributed by atoms with van der Waals surface area (Å²) in [5.41, 5.74) is 12.6. The monoisotopic (exact) mass is 542 g/mol. The molecule has 15 nitrogen and oxygen atoms in total. The number of hydrogen-bond acceptors (Lipinski definition) is 8. The molecule has 2 aromatic heterocycles. The van der Waals surface area contributed by atoms with Crippen LogP contribution in [0.2, 0.25) is 0 Å². The molecule has 15 heteroatoms. The smallest absolute Gasteiger partial charge is 0.326 e. The van der Waals surface area contributed by atoms with Gasteiger partial charge in [-0.3, -0.25) is 19.2 Å². The van der Waals surface area contributed by atoms with Crippen molar-refractivity contribution in [2.45, 2.75) is 43.4 Å². The van der Waals surface area contributed by atoms with E-state index in [0.29, 0.717) is 11.3 Å². The number of imidazole rings is 1. The van der Waals surface area contributed by atoms with E-state index in [1.807, 2.05) is 24.3 Å². The summed E-state index contributed by atoms with van der Waals surface area (Å²) in [6.45, 7) is -0.658. The number of H-pyrrole nitrogens is 2. The molecule has 4 atom stereocenters. The number of para-hydroxylation sites is 1. The molecule has 0 bridgehead atoms. The zero-order valence-corrected chi connectivity index (χ0v) is 20.7. The standard InChI is InChI=1S/C24H30N8O7/c25-15(10-33)21(35)30-17(5-12-8-28-16-4-2-1-3-14(12)16)22(36)31-18(6-13-9-27-11-29-13)23(37)32-19(24(38)39)7-20(26)34/h1-4,8-9,11,15,17-19,28,33H,5-7,10,25H2,(H2,26,34)(H,27,29)(H,30,35)(H,31,36)(H,32,37)(H,38,39). The number of aromatic amines is 2. The topological polar surface area (TPSA) is 258 Å². The molecule has 208 valence electrons. The number of rotatable bonds is 14. The average Bonchev–Trinajstić information content (AvgIpc) is 3.56. The predicted molar refractivity (Wildman–Crippen MR) is 137 cm³/mol. The summed E-state index contributed by atoms with van der Waals surface area (Å²) in [7, 11) is 0. The molecule has 0 fully saturated rings. The lowest BCUT2D eigenvalue weighted by Crippen LogP contribution is -2.58. The summed E-state index contributed by atoms with van der Waals surface area (Å²) in [6, 6.07) is 1.83. The first kappa shape index (κ1) is 28.8. The highest BCUT2D eigenvalue weighted by molar-refractivity contribution is 5.95. The molecule has 0 aliphatic heterocycles. The lowest BCUT2D eigenvalue weighted by molar-refractivity contribution is -0.143. The average molecular weight is 543 g/mol. The fourth-order valence-electron chi connectivity index (χ4n) is 3.86. The van der Waals surface area contributed by atoms with Crippen molar-refractivity contribution < 1.29 is 34.2 Å². The molecule has 39 heavy (non-hydrogen) atoms. The van der Waals surface area contributed by atoms with E-state index in [4.69, 9.17) is 11.5 Å². The molecule has 4 amide bonds. The van der Waals surface area contributed by atoms with Crippen molar-refractivity contribution in [3.8, 4) is 0 Å². The van der Waals surface area contributed by atoms with Gasteiger partial charge in [0.25, 0.3) is 0 Å². The number of carbonyl (C=O) groups is 5. The number of nitrogens with one attached hydrogen (secondary N) is 5. The van der Waals surface area contributed by atoms with Gasteiger partial charge in [0.2, 0.25) is 23.6 Å². The Morgan fingerprint density at radius 2 is 1.56 bits per heavy atom. The Morgan fingerprint density at radius 3 is 2.18 bits per heavy atom. The van der Waals surface area contributed by atoms with Gasteiger partial charge >= 0.3 is 5.97 Å². The second-order valence-electron chi connectivity index (χ2n) is 8.83. The number of amides is 4. The fourth-order valence-corrected chi connectivity index (χ4v) is 3.86. The van der Waals surface area contributed by atoms with E-state index in [9.17, 15) is 34.2 Å². The number of carboxylic acid groups (broad SMARTS) is 1. The molecular weight excluding hydrogens is 512 g/mol. The Kier molecular flexibility index (Phi) is 9.72. The second kappa shape index (κ2) is 13.2. The minimum atomic E-state index is -1.62. The van der Waals surface area contributed by atoms with Gasteiger partial charge < -0.3 is 47.6 Å². The van der Waals surface area contributed by atoms with Crippen molar-refractivity contribution in [3.63, 3.8) is 0 Å². The van der Waals surface area contributed by atoms with E-state index in [0.717, 1.165) is 10.9 Å². The number of aliphatic carboxylic acids is 1. The van der Waals surface area contributed by atoms with Crippen LogP contribution in [-0.4, -0.2) is 85.5 Å².